The maximum atomic E-state index is 11.2. The number of anilines is 1. The van der Waals surface area contributed by atoms with E-state index in [2.05, 4.69) is 22.1 Å². The lowest BCUT2D eigenvalue weighted by Crippen LogP contribution is -2.24. The maximum absolute atomic E-state index is 11.2. The van der Waals surface area contributed by atoms with Crippen molar-refractivity contribution in [3.63, 3.8) is 0 Å². The van der Waals surface area contributed by atoms with Crippen LogP contribution in [0.15, 0.2) is 42.6 Å². The van der Waals surface area contributed by atoms with E-state index in [0.717, 1.165) is 25.2 Å². The van der Waals surface area contributed by atoms with Crippen molar-refractivity contribution in [3.8, 4) is 0 Å². The summed E-state index contributed by atoms with van der Waals surface area (Å²) in [6.45, 7) is 2.02. The fourth-order valence-corrected chi connectivity index (χ4v) is 3.29. The second-order valence-electron chi connectivity index (χ2n) is 5.51. The summed E-state index contributed by atoms with van der Waals surface area (Å²) in [5.41, 5.74) is 1.19. The van der Waals surface area contributed by atoms with E-state index in [1.807, 2.05) is 35.1 Å². The molecule has 2 aromatic rings. The predicted molar refractivity (Wildman–Crippen MR) is 84.3 cm³/mol. The van der Waals surface area contributed by atoms with Crippen LogP contribution in [0.2, 0.25) is 0 Å². The minimum Gasteiger partial charge on any atom is -0.352 e. The van der Waals surface area contributed by atoms with Crippen LogP contribution in [0, 0.1) is 0 Å². The van der Waals surface area contributed by atoms with Crippen LogP contribution in [0.5, 0.6) is 0 Å². The molecule has 1 aliphatic heterocycles. The Morgan fingerprint density at radius 3 is 2.77 bits per heavy atom. The Hall–Kier alpha value is -1.86. The van der Waals surface area contributed by atoms with Gasteiger partial charge >= 0.3 is 0 Å². The number of hydrogen-bond donors (Lipinski definition) is 0. The lowest BCUT2D eigenvalue weighted by Gasteiger charge is -2.15. The zero-order valence-corrected chi connectivity index (χ0v) is 13.2. The highest BCUT2D eigenvalue weighted by molar-refractivity contribution is 7.86. The number of benzene rings is 1. The van der Waals surface area contributed by atoms with Gasteiger partial charge in [0.15, 0.2) is 5.82 Å². The molecule has 0 saturated carbocycles. The minimum absolute atomic E-state index is 0.283. The third-order valence-electron chi connectivity index (χ3n) is 3.59. The first-order valence-corrected chi connectivity index (χ1v) is 9.02. The Morgan fingerprint density at radius 2 is 2.05 bits per heavy atom. The second kappa shape index (κ2) is 6.10. The third-order valence-corrected chi connectivity index (χ3v) is 4.22. The van der Waals surface area contributed by atoms with Gasteiger partial charge < -0.3 is 4.90 Å². The van der Waals surface area contributed by atoms with E-state index >= 15 is 0 Å². The molecule has 2 heterocycles. The fraction of sp³-hybridized carbons (Fsp3) is 0.400. The SMILES string of the molecule is CS(=O)(=O)OC1CCN(c2ccn(Cc3ccccc3)n2)C1. The van der Waals surface area contributed by atoms with Gasteiger partial charge in [0.25, 0.3) is 10.1 Å². The summed E-state index contributed by atoms with van der Waals surface area (Å²) in [6.07, 6.45) is 3.44. The van der Waals surface area contributed by atoms with Crippen molar-refractivity contribution in [2.45, 2.75) is 19.1 Å². The molecule has 118 valence electrons. The van der Waals surface area contributed by atoms with Crippen molar-refractivity contribution in [1.82, 2.24) is 9.78 Å². The van der Waals surface area contributed by atoms with Gasteiger partial charge in [-0.1, -0.05) is 30.3 Å². The number of nitrogens with zero attached hydrogens (tertiary/aromatic N) is 3. The lowest BCUT2D eigenvalue weighted by atomic mass is 10.2. The number of aromatic nitrogens is 2. The zero-order valence-electron chi connectivity index (χ0n) is 12.4. The van der Waals surface area contributed by atoms with Crippen LogP contribution < -0.4 is 4.90 Å². The summed E-state index contributed by atoms with van der Waals surface area (Å²) in [5.74, 6) is 0.857. The molecule has 1 fully saturated rings. The maximum Gasteiger partial charge on any atom is 0.264 e. The second-order valence-corrected chi connectivity index (χ2v) is 7.11. The Labute approximate surface area is 130 Å². The van der Waals surface area contributed by atoms with Crippen molar-refractivity contribution in [3.05, 3.63) is 48.2 Å². The number of rotatable bonds is 5. The van der Waals surface area contributed by atoms with Crippen molar-refractivity contribution >= 4 is 15.9 Å². The molecular weight excluding hydrogens is 302 g/mol. The molecule has 6 nitrogen and oxygen atoms in total. The molecular formula is C15H19N3O3S. The number of hydrogen-bond acceptors (Lipinski definition) is 5. The van der Waals surface area contributed by atoms with Gasteiger partial charge in [-0.05, 0) is 12.0 Å². The molecule has 1 aromatic carbocycles. The van der Waals surface area contributed by atoms with Crippen molar-refractivity contribution in [2.24, 2.45) is 0 Å². The first-order valence-electron chi connectivity index (χ1n) is 7.20. The van der Waals surface area contributed by atoms with E-state index in [9.17, 15) is 8.42 Å². The monoisotopic (exact) mass is 321 g/mol. The molecule has 0 bridgehead atoms. The predicted octanol–water partition coefficient (Wildman–Crippen LogP) is 1.49. The average molecular weight is 321 g/mol. The van der Waals surface area contributed by atoms with Crippen LogP contribution in [0.4, 0.5) is 5.82 Å². The summed E-state index contributed by atoms with van der Waals surface area (Å²) in [7, 11) is -3.40. The Kier molecular flexibility index (Phi) is 4.17. The van der Waals surface area contributed by atoms with Gasteiger partial charge in [0.2, 0.25) is 0 Å². The summed E-state index contributed by atoms with van der Waals surface area (Å²) in [4.78, 5) is 2.05. The molecule has 1 aromatic heterocycles. The Balaban J connectivity index is 1.62. The summed E-state index contributed by atoms with van der Waals surface area (Å²) in [5, 5.41) is 4.56. The minimum atomic E-state index is -3.40. The Bertz CT molecular complexity index is 728. The van der Waals surface area contributed by atoms with Crippen LogP contribution in [-0.2, 0) is 20.8 Å². The summed E-state index contributed by atoms with van der Waals surface area (Å²) >= 11 is 0. The molecule has 0 amide bonds. The van der Waals surface area contributed by atoms with Crippen LogP contribution in [0.3, 0.4) is 0 Å². The molecule has 22 heavy (non-hydrogen) atoms. The van der Waals surface area contributed by atoms with Gasteiger partial charge in [-0.2, -0.15) is 13.5 Å². The van der Waals surface area contributed by atoms with Gasteiger partial charge in [0.1, 0.15) is 0 Å². The van der Waals surface area contributed by atoms with Crippen molar-refractivity contribution in [2.75, 3.05) is 24.2 Å². The molecule has 1 unspecified atom stereocenters. The van der Waals surface area contributed by atoms with Crippen LogP contribution in [0.25, 0.3) is 0 Å². The van der Waals surface area contributed by atoms with Gasteiger partial charge in [-0.15, -0.1) is 0 Å². The van der Waals surface area contributed by atoms with Gasteiger partial charge in [-0.25, -0.2) is 0 Å². The molecule has 0 N–H and O–H groups in total. The quantitative estimate of drug-likeness (QED) is 0.781. The van der Waals surface area contributed by atoms with E-state index in [-0.39, 0.29) is 6.10 Å². The standard InChI is InChI=1S/C15H19N3O3S/c1-22(19,20)21-14-7-9-17(12-14)15-8-10-18(16-15)11-13-5-3-2-4-6-13/h2-6,8,10,14H,7,9,11-12H2,1H3. The van der Waals surface area contributed by atoms with Crippen LogP contribution in [-0.4, -0.2) is 43.6 Å². The highest BCUT2D eigenvalue weighted by Crippen LogP contribution is 2.21. The first kappa shape index (κ1) is 15.1. The smallest absolute Gasteiger partial charge is 0.264 e. The summed E-state index contributed by atoms with van der Waals surface area (Å²) < 4.78 is 29.3. The van der Waals surface area contributed by atoms with Gasteiger partial charge in [0.05, 0.1) is 18.9 Å². The third kappa shape index (κ3) is 3.86. The highest BCUT2D eigenvalue weighted by atomic mass is 32.2. The zero-order chi connectivity index (χ0) is 15.6. The largest absolute Gasteiger partial charge is 0.352 e. The van der Waals surface area contributed by atoms with Crippen LogP contribution in [0.1, 0.15) is 12.0 Å². The van der Waals surface area contributed by atoms with E-state index in [4.69, 9.17) is 4.18 Å². The average Bonchev–Trinajstić information content (AvgIpc) is 3.07. The van der Waals surface area contributed by atoms with Crippen LogP contribution >= 0.6 is 0 Å². The summed E-state index contributed by atoms with van der Waals surface area (Å²) in [6, 6.07) is 12.1. The molecule has 1 aliphatic rings. The highest BCUT2D eigenvalue weighted by Gasteiger charge is 2.27. The normalized spacial score (nSPS) is 18.8. The van der Waals surface area contributed by atoms with E-state index < -0.39 is 10.1 Å². The first-order chi connectivity index (χ1) is 10.5. The lowest BCUT2D eigenvalue weighted by molar-refractivity contribution is 0.234. The van der Waals surface area contributed by atoms with E-state index in [1.54, 1.807) is 0 Å². The van der Waals surface area contributed by atoms with Gasteiger partial charge in [-0.3, -0.25) is 8.86 Å². The Morgan fingerprint density at radius 1 is 1.27 bits per heavy atom. The molecule has 7 heteroatoms. The molecule has 3 rings (SSSR count). The molecule has 0 radical (unpaired) electrons. The fourth-order valence-electron chi connectivity index (χ4n) is 2.64. The molecule has 1 atom stereocenters. The van der Waals surface area contributed by atoms with E-state index in [0.29, 0.717) is 13.0 Å². The van der Waals surface area contributed by atoms with Crippen molar-refractivity contribution < 1.29 is 12.6 Å². The molecule has 0 aliphatic carbocycles. The molecule has 1 saturated heterocycles. The molecule has 0 spiro atoms. The van der Waals surface area contributed by atoms with Gasteiger partial charge in [0, 0.05) is 25.4 Å². The topological polar surface area (TPSA) is 64.4 Å². The van der Waals surface area contributed by atoms with Crippen molar-refractivity contribution in [1.29, 1.82) is 0 Å². The van der Waals surface area contributed by atoms with E-state index in [1.165, 1.54) is 5.56 Å².